The SMILES string of the molecule is C#Cc1sc2c(c1C)C(/C(C=C)=C/C)=NCc1nnc(C)n1-2. The highest BCUT2D eigenvalue weighted by Gasteiger charge is 2.26. The van der Waals surface area contributed by atoms with Crippen molar-refractivity contribution in [3.05, 3.63) is 52.0 Å². The van der Waals surface area contributed by atoms with E-state index in [2.05, 4.69) is 27.3 Å². The third-order valence-electron chi connectivity index (χ3n) is 3.77. The van der Waals surface area contributed by atoms with E-state index in [1.807, 2.05) is 32.9 Å². The predicted octanol–water partition coefficient (Wildman–Crippen LogP) is 3.36. The van der Waals surface area contributed by atoms with Gasteiger partial charge in [0.15, 0.2) is 5.82 Å². The quantitative estimate of drug-likeness (QED) is 0.630. The van der Waals surface area contributed by atoms with Crippen LogP contribution in [0.25, 0.3) is 5.00 Å². The van der Waals surface area contributed by atoms with Crippen molar-refractivity contribution < 1.29 is 0 Å². The number of aryl methyl sites for hydroxylation is 1. The summed E-state index contributed by atoms with van der Waals surface area (Å²) in [4.78, 5) is 5.68. The summed E-state index contributed by atoms with van der Waals surface area (Å²) in [7, 11) is 0. The monoisotopic (exact) mass is 308 g/mol. The number of nitrogens with zero attached hydrogens (tertiary/aromatic N) is 4. The molecular formula is C17H16N4S. The molecule has 0 unspecified atom stereocenters. The van der Waals surface area contributed by atoms with E-state index >= 15 is 0 Å². The first-order chi connectivity index (χ1) is 10.6. The van der Waals surface area contributed by atoms with E-state index in [9.17, 15) is 0 Å². The van der Waals surface area contributed by atoms with Gasteiger partial charge in [0.05, 0.1) is 10.6 Å². The number of rotatable bonds is 2. The van der Waals surface area contributed by atoms with Crippen LogP contribution in [0, 0.1) is 26.2 Å². The molecule has 2 aromatic heterocycles. The van der Waals surface area contributed by atoms with E-state index < -0.39 is 0 Å². The van der Waals surface area contributed by atoms with Crippen molar-refractivity contribution in [3.8, 4) is 17.3 Å². The van der Waals surface area contributed by atoms with Gasteiger partial charge in [0, 0.05) is 5.56 Å². The molecule has 0 aliphatic carbocycles. The molecule has 0 fully saturated rings. The minimum Gasteiger partial charge on any atom is -0.276 e. The van der Waals surface area contributed by atoms with Crippen LogP contribution in [0.5, 0.6) is 0 Å². The molecule has 5 heteroatoms. The minimum atomic E-state index is 0.494. The lowest BCUT2D eigenvalue weighted by Gasteiger charge is -2.09. The summed E-state index contributed by atoms with van der Waals surface area (Å²) >= 11 is 1.58. The van der Waals surface area contributed by atoms with Gasteiger partial charge < -0.3 is 0 Å². The molecule has 3 rings (SSSR count). The Hall–Kier alpha value is -2.45. The lowest BCUT2D eigenvalue weighted by Crippen LogP contribution is -2.07. The van der Waals surface area contributed by atoms with Crippen LogP contribution in [0.4, 0.5) is 0 Å². The molecule has 0 N–H and O–H groups in total. The van der Waals surface area contributed by atoms with Gasteiger partial charge in [0.2, 0.25) is 0 Å². The van der Waals surface area contributed by atoms with E-state index in [4.69, 9.17) is 11.4 Å². The summed E-state index contributed by atoms with van der Waals surface area (Å²) < 4.78 is 2.06. The average Bonchev–Trinajstić information content (AvgIpc) is 2.98. The Morgan fingerprint density at radius 2 is 2.18 bits per heavy atom. The average molecular weight is 308 g/mol. The topological polar surface area (TPSA) is 43.1 Å². The Morgan fingerprint density at radius 1 is 1.41 bits per heavy atom. The minimum absolute atomic E-state index is 0.494. The van der Waals surface area contributed by atoms with Gasteiger partial charge in [-0.3, -0.25) is 9.56 Å². The molecule has 0 saturated carbocycles. The number of fused-ring (bicyclic) bond motifs is 3. The molecule has 110 valence electrons. The zero-order valence-corrected chi connectivity index (χ0v) is 13.7. The van der Waals surface area contributed by atoms with Gasteiger partial charge >= 0.3 is 0 Å². The standard InChI is InChI=1S/C17H16N4S/c1-6-12(7-2)16-15-10(4)13(8-3)22-17(15)21-11(5)19-20-14(21)9-18-16/h3,6-7H,1,9H2,2,4-5H3/b12-7+. The Morgan fingerprint density at radius 3 is 2.82 bits per heavy atom. The smallest absolute Gasteiger partial charge is 0.160 e. The summed E-state index contributed by atoms with van der Waals surface area (Å²) in [5.74, 6) is 4.45. The molecule has 0 aromatic carbocycles. The summed E-state index contributed by atoms with van der Waals surface area (Å²) in [5.41, 5.74) is 4.06. The normalized spacial score (nSPS) is 13.7. The van der Waals surface area contributed by atoms with Gasteiger partial charge in [-0.15, -0.1) is 28.0 Å². The number of hydrogen-bond acceptors (Lipinski definition) is 4. The van der Waals surface area contributed by atoms with E-state index in [0.717, 1.165) is 43.9 Å². The maximum Gasteiger partial charge on any atom is 0.160 e. The van der Waals surface area contributed by atoms with Crippen LogP contribution in [-0.4, -0.2) is 20.5 Å². The molecule has 0 bridgehead atoms. The fourth-order valence-electron chi connectivity index (χ4n) is 2.66. The van der Waals surface area contributed by atoms with E-state index in [1.54, 1.807) is 11.3 Å². The highest BCUT2D eigenvalue weighted by molar-refractivity contribution is 7.15. The summed E-state index contributed by atoms with van der Waals surface area (Å²) in [6, 6.07) is 0. The van der Waals surface area contributed by atoms with Crippen molar-refractivity contribution in [1.29, 1.82) is 0 Å². The Bertz CT molecular complexity index is 871. The molecule has 0 atom stereocenters. The fourth-order valence-corrected chi connectivity index (χ4v) is 3.85. The van der Waals surface area contributed by atoms with Crippen molar-refractivity contribution in [2.24, 2.45) is 4.99 Å². The van der Waals surface area contributed by atoms with E-state index in [-0.39, 0.29) is 0 Å². The summed E-state index contributed by atoms with van der Waals surface area (Å²) in [6.45, 7) is 10.4. The van der Waals surface area contributed by atoms with E-state index in [0.29, 0.717) is 6.54 Å². The first-order valence-corrected chi connectivity index (χ1v) is 7.79. The molecule has 4 nitrogen and oxygen atoms in total. The third kappa shape index (κ3) is 1.96. The maximum absolute atomic E-state index is 5.67. The predicted molar refractivity (Wildman–Crippen MR) is 90.8 cm³/mol. The lowest BCUT2D eigenvalue weighted by atomic mass is 9.99. The molecule has 1 aliphatic rings. The lowest BCUT2D eigenvalue weighted by molar-refractivity contribution is 0.869. The molecule has 0 amide bonds. The summed E-state index contributed by atoms with van der Waals surface area (Å²) in [5, 5.41) is 9.46. The van der Waals surface area contributed by atoms with Gasteiger partial charge in [-0.1, -0.05) is 24.7 Å². The van der Waals surface area contributed by atoms with Crippen LogP contribution in [0.2, 0.25) is 0 Å². The first kappa shape index (κ1) is 14.5. The molecule has 1 aliphatic heterocycles. The molecule has 22 heavy (non-hydrogen) atoms. The second-order valence-corrected chi connectivity index (χ2v) is 5.99. The summed E-state index contributed by atoms with van der Waals surface area (Å²) in [6.07, 6.45) is 9.51. The number of thiophene rings is 1. The Balaban J connectivity index is 2.39. The van der Waals surface area contributed by atoms with Crippen molar-refractivity contribution in [1.82, 2.24) is 14.8 Å². The Labute approximate surface area is 133 Å². The van der Waals surface area contributed by atoms with Crippen molar-refractivity contribution in [3.63, 3.8) is 0 Å². The number of aliphatic imine (C=N–C) groups is 1. The zero-order chi connectivity index (χ0) is 15.9. The second kappa shape index (κ2) is 5.39. The largest absolute Gasteiger partial charge is 0.276 e. The van der Waals surface area contributed by atoms with Gasteiger partial charge in [0.1, 0.15) is 17.4 Å². The van der Waals surface area contributed by atoms with Crippen molar-refractivity contribution >= 4 is 17.0 Å². The third-order valence-corrected chi connectivity index (χ3v) is 4.98. The van der Waals surface area contributed by atoms with Crippen molar-refractivity contribution in [2.75, 3.05) is 0 Å². The van der Waals surface area contributed by atoms with Crippen LogP contribution < -0.4 is 0 Å². The van der Waals surface area contributed by atoms with Crippen LogP contribution in [-0.2, 0) is 6.54 Å². The number of allylic oxidation sites excluding steroid dienone is 3. The number of aromatic nitrogens is 3. The van der Waals surface area contributed by atoms with E-state index in [1.165, 1.54) is 0 Å². The van der Waals surface area contributed by atoms with Crippen LogP contribution in [0.3, 0.4) is 0 Å². The molecule has 0 spiro atoms. The van der Waals surface area contributed by atoms with Crippen molar-refractivity contribution in [2.45, 2.75) is 27.3 Å². The van der Waals surface area contributed by atoms with Gasteiger partial charge in [-0.25, -0.2) is 0 Å². The maximum atomic E-state index is 5.67. The fraction of sp³-hybridized carbons (Fsp3) is 0.235. The molecule has 2 aromatic rings. The highest BCUT2D eigenvalue weighted by atomic mass is 32.1. The highest BCUT2D eigenvalue weighted by Crippen LogP contribution is 2.36. The van der Waals surface area contributed by atoms with Crippen LogP contribution in [0.15, 0.2) is 29.3 Å². The molecule has 0 radical (unpaired) electrons. The first-order valence-electron chi connectivity index (χ1n) is 6.97. The number of hydrogen-bond donors (Lipinski definition) is 0. The van der Waals surface area contributed by atoms with Gasteiger partial charge in [-0.2, -0.15) is 0 Å². The Kier molecular flexibility index (Phi) is 3.55. The van der Waals surface area contributed by atoms with Crippen LogP contribution in [0.1, 0.15) is 34.6 Å². The van der Waals surface area contributed by atoms with Gasteiger partial charge in [0.25, 0.3) is 0 Å². The van der Waals surface area contributed by atoms with Gasteiger partial charge in [-0.05, 0) is 31.9 Å². The number of terminal acetylenes is 1. The zero-order valence-electron chi connectivity index (χ0n) is 12.8. The molecule has 0 saturated heterocycles. The molecule has 3 heterocycles. The molecular weight excluding hydrogens is 292 g/mol. The second-order valence-electron chi connectivity index (χ2n) is 4.99. The van der Waals surface area contributed by atoms with Crippen LogP contribution >= 0.6 is 11.3 Å².